The van der Waals surface area contributed by atoms with Crippen molar-refractivity contribution < 1.29 is 14.6 Å². The maximum absolute atomic E-state index is 9.43. The van der Waals surface area contributed by atoms with E-state index in [4.69, 9.17) is 20.6 Å². The summed E-state index contributed by atoms with van der Waals surface area (Å²) in [5, 5.41) is 16.9. The monoisotopic (exact) mass is 286 g/mol. The minimum Gasteiger partial charge on any atom is -0.508 e. The lowest BCUT2D eigenvalue weighted by molar-refractivity contribution is 0.269. The number of nitrogens with two attached hydrogens (primary N) is 1. The first-order valence-electron chi connectivity index (χ1n) is 6.62. The van der Waals surface area contributed by atoms with Gasteiger partial charge in [0.2, 0.25) is 0 Å². The minimum absolute atomic E-state index is 0.0181. The molecule has 0 aliphatic carbocycles. The predicted octanol–water partition coefficient (Wildman–Crippen LogP) is 2.65. The Labute approximate surface area is 123 Å². The smallest absolute Gasteiger partial charge is 0.161 e. The van der Waals surface area contributed by atoms with Crippen LogP contribution in [-0.2, 0) is 6.61 Å². The first kappa shape index (κ1) is 14.7. The first-order valence-corrected chi connectivity index (χ1v) is 6.62. The summed E-state index contributed by atoms with van der Waals surface area (Å²) in [7, 11) is 0. The second kappa shape index (κ2) is 6.65. The van der Waals surface area contributed by atoms with Gasteiger partial charge in [0, 0.05) is 5.56 Å². The van der Waals surface area contributed by atoms with Gasteiger partial charge in [0.15, 0.2) is 11.5 Å². The average molecular weight is 286 g/mol. The Bertz CT molecular complexity index is 641. The zero-order valence-corrected chi connectivity index (χ0v) is 11.8. The van der Waals surface area contributed by atoms with Crippen LogP contribution in [0.25, 0.3) is 0 Å². The van der Waals surface area contributed by atoms with Gasteiger partial charge in [-0.2, -0.15) is 0 Å². The molecule has 0 fully saturated rings. The van der Waals surface area contributed by atoms with E-state index in [9.17, 15) is 5.11 Å². The van der Waals surface area contributed by atoms with Crippen molar-refractivity contribution in [2.45, 2.75) is 13.5 Å². The Hall–Kier alpha value is -2.69. The molecular weight excluding hydrogens is 268 g/mol. The molecule has 0 amide bonds. The Morgan fingerprint density at radius 2 is 1.95 bits per heavy atom. The third-order valence-corrected chi connectivity index (χ3v) is 2.86. The molecule has 2 aromatic rings. The van der Waals surface area contributed by atoms with E-state index in [2.05, 4.69) is 0 Å². The number of hydrogen-bond acceptors (Lipinski definition) is 4. The van der Waals surface area contributed by atoms with Crippen molar-refractivity contribution in [1.29, 1.82) is 5.41 Å². The van der Waals surface area contributed by atoms with Gasteiger partial charge in [-0.3, -0.25) is 5.41 Å². The summed E-state index contributed by atoms with van der Waals surface area (Å²) in [6.45, 7) is 2.68. The van der Waals surface area contributed by atoms with Crippen LogP contribution in [0.5, 0.6) is 17.2 Å². The van der Waals surface area contributed by atoms with Crippen LogP contribution < -0.4 is 15.2 Å². The molecule has 0 atom stereocenters. The van der Waals surface area contributed by atoms with E-state index >= 15 is 0 Å². The molecule has 0 bridgehead atoms. The fraction of sp³-hybridized carbons (Fsp3) is 0.188. The topological polar surface area (TPSA) is 88.6 Å². The van der Waals surface area contributed by atoms with Gasteiger partial charge in [0.05, 0.1) is 6.61 Å². The summed E-state index contributed by atoms with van der Waals surface area (Å²) >= 11 is 0. The van der Waals surface area contributed by atoms with Crippen molar-refractivity contribution >= 4 is 5.84 Å². The molecule has 21 heavy (non-hydrogen) atoms. The third-order valence-electron chi connectivity index (χ3n) is 2.86. The largest absolute Gasteiger partial charge is 0.508 e. The molecule has 5 heteroatoms. The number of ether oxygens (including phenoxy) is 2. The number of phenolic OH excluding ortho intramolecular Hbond substituents is 1. The number of aromatic hydroxyl groups is 1. The van der Waals surface area contributed by atoms with Crippen molar-refractivity contribution in [1.82, 2.24) is 0 Å². The van der Waals surface area contributed by atoms with Crippen LogP contribution >= 0.6 is 0 Å². The molecule has 2 aromatic carbocycles. The molecule has 110 valence electrons. The number of amidine groups is 1. The molecule has 0 saturated carbocycles. The van der Waals surface area contributed by atoms with Gasteiger partial charge in [-0.15, -0.1) is 0 Å². The number of nitrogens with one attached hydrogen (secondary N) is 1. The fourth-order valence-corrected chi connectivity index (χ4v) is 1.87. The highest BCUT2D eigenvalue weighted by molar-refractivity contribution is 5.95. The summed E-state index contributed by atoms with van der Waals surface area (Å²) in [6, 6.07) is 12.0. The predicted molar refractivity (Wildman–Crippen MR) is 81.1 cm³/mol. The van der Waals surface area contributed by atoms with Gasteiger partial charge in [-0.1, -0.05) is 12.1 Å². The number of hydrogen-bond donors (Lipinski definition) is 3. The zero-order chi connectivity index (χ0) is 15.2. The molecule has 4 N–H and O–H groups in total. The normalized spacial score (nSPS) is 10.1. The highest BCUT2D eigenvalue weighted by Gasteiger charge is 2.08. The van der Waals surface area contributed by atoms with Crippen LogP contribution in [0.2, 0.25) is 0 Å². The molecule has 0 aliphatic heterocycles. The third kappa shape index (κ3) is 3.89. The molecular formula is C16H18N2O3. The molecule has 0 heterocycles. The molecule has 0 unspecified atom stereocenters. The van der Waals surface area contributed by atoms with Crippen molar-refractivity contribution in [3.8, 4) is 17.2 Å². The van der Waals surface area contributed by atoms with E-state index in [-0.39, 0.29) is 11.6 Å². The van der Waals surface area contributed by atoms with E-state index < -0.39 is 0 Å². The minimum atomic E-state index is -0.0181. The Morgan fingerprint density at radius 3 is 2.62 bits per heavy atom. The summed E-state index contributed by atoms with van der Waals surface area (Å²) in [6.07, 6.45) is 0. The van der Waals surface area contributed by atoms with Gasteiger partial charge in [0.1, 0.15) is 18.2 Å². The van der Waals surface area contributed by atoms with E-state index in [0.29, 0.717) is 30.3 Å². The lowest BCUT2D eigenvalue weighted by atomic mass is 10.2. The van der Waals surface area contributed by atoms with Gasteiger partial charge in [-0.05, 0) is 42.8 Å². The van der Waals surface area contributed by atoms with Crippen LogP contribution in [0.3, 0.4) is 0 Å². The number of nitrogen functional groups attached to an aromatic ring is 1. The Balaban J connectivity index is 2.16. The van der Waals surface area contributed by atoms with Gasteiger partial charge >= 0.3 is 0 Å². The van der Waals surface area contributed by atoms with Crippen molar-refractivity contribution in [2.24, 2.45) is 5.73 Å². The average Bonchev–Trinajstić information content (AvgIpc) is 2.46. The second-order valence-electron chi connectivity index (χ2n) is 4.47. The first-order chi connectivity index (χ1) is 10.1. The quantitative estimate of drug-likeness (QED) is 0.562. The zero-order valence-electron chi connectivity index (χ0n) is 11.8. The van der Waals surface area contributed by atoms with E-state index in [1.165, 1.54) is 0 Å². The van der Waals surface area contributed by atoms with Gasteiger partial charge in [0.25, 0.3) is 0 Å². The lowest BCUT2D eigenvalue weighted by Crippen LogP contribution is -2.11. The van der Waals surface area contributed by atoms with Crippen LogP contribution in [0.4, 0.5) is 0 Å². The van der Waals surface area contributed by atoms with Gasteiger partial charge in [-0.25, -0.2) is 0 Å². The van der Waals surface area contributed by atoms with Crippen molar-refractivity contribution in [2.75, 3.05) is 6.61 Å². The van der Waals surface area contributed by atoms with Crippen LogP contribution in [0, 0.1) is 5.41 Å². The highest BCUT2D eigenvalue weighted by atomic mass is 16.5. The molecule has 2 rings (SSSR count). The summed E-state index contributed by atoms with van der Waals surface area (Å²) in [5.41, 5.74) is 6.91. The van der Waals surface area contributed by atoms with Crippen molar-refractivity contribution in [3.63, 3.8) is 0 Å². The van der Waals surface area contributed by atoms with E-state index in [0.717, 1.165) is 5.56 Å². The number of benzene rings is 2. The Kier molecular flexibility index (Phi) is 4.66. The highest BCUT2D eigenvalue weighted by Crippen LogP contribution is 2.29. The maximum Gasteiger partial charge on any atom is 0.161 e. The number of rotatable bonds is 6. The fourth-order valence-electron chi connectivity index (χ4n) is 1.87. The number of phenols is 1. The lowest BCUT2D eigenvalue weighted by Gasteiger charge is -2.13. The molecule has 5 nitrogen and oxygen atoms in total. The van der Waals surface area contributed by atoms with Crippen LogP contribution in [0.15, 0.2) is 42.5 Å². The summed E-state index contributed by atoms with van der Waals surface area (Å²) < 4.78 is 11.2. The molecule has 0 aliphatic rings. The molecule has 0 spiro atoms. The van der Waals surface area contributed by atoms with E-state index in [1.54, 1.807) is 36.4 Å². The van der Waals surface area contributed by atoms with E-state index in [1.807, 2.05) is 13.0 Å². The summed E-state index contributed by atoms with van der Waals surface area (Å²) in [5.74, 6) is 1.30. The summed E-state index contributed by atoms with van der Waals surface area (Å²) in [4.78, 5) is 0. The molecule has 0 saturated heterocycles. The molecule has 0 aromatic heterocycles. The Morgan fingerprint density at radius 1 is 1.14 bits per heavy atom. The SMILES string of the molecule is CCOc1cc(C(=N)N)ccc1OCc1cccc(O)c1. The maximum atomic E-state index is 9.43. The van der Waals surface area contributed by atoms with Crippen LogP contribution in [-0.4, -0.2) is 17.5 Å². The van der Waals surface area contributed by atoms with Crippen LogP contribution in [0.1, 0.15) is 18.1 Å². The second-order valence-corrected chi connectivity index (χ2v) is 4.47. The standard InChI is InChI=1S/C16H18N2O3/c1-2-20-15-9-12(16(17)18)6-7-14(15)21-10-11-4-3-5-13(19)8-11/h3-9,19H,2,10H2,1H3,(H3,17,18). The molecule has 0 radical (unpaired) electrons. The van der Waals surface area contributed by atoms with Gasteiger partial charge < -0.3 is 20.3 Å². The van der Waals surface area contributed by atoms with Crippen molar-refractivity contribution in [3.05, 3.63) is 53.6 Å².